The van der Waals surface area contributed by atoms with Crippen LogP contribution in [0.4, 0.5) is 0 Å². The molecule has 1 aromatic heterocycles. The van der Waals surface area contributed by atoms with Crippen molar-refractivity contribution >= 4 is 23.0 Å². The Morgan fingerprint density at radius 3 is 2.52 bits per heavy atom. The zero-order valence-corrected chi connectivity index (χ0v) is 15.7. The monoisotopic (exact) mass is 361 g/mol. The Morgan fingerprint density at radius 2 is 1.80 bits per heavy atom. The van der Waals surface area contributed by atoms with E-state index in [-0.39, 0.29) is 11.7 Å². The van der Waals surface area contributed by atoms with Crippen molar-refractivity contribution in [2.24, 2.45) is 5.92 Å². The lowest BCUT2D eigenvalue weighted by atomic mass is 9.88. The van der Waals surface area contributed by atoms with Gasteiger partial charge in [0, 0.05) is 38.5 Å². The molecule has 0 bridgehead atoms. The number of carbonyl (C=O) groups is 2. The molecule has 1 amide bonds. The molecule has 4 rings (SSSR count). The molecule has 1 aliphatic heterocycles. The molecule has 2 heterocycles. The van der Waals surface area contributed by atoms with Gasteiger partial charge in [-0.15, -0.1) is 11.3 Å². The fourth-order valence-corrected chi connectivity index (χ4v) is 5.43. The summed E-state index contributed by atoms with van der Waals surface area (Å²) in [4.78, 5) is 34.7. The number of ketones is 1. The molecule has 136 valence electrons. The summed E-state index contributed by atoms with van der Waals surface area (Å²) in [6.45, 7) is 4.31. The number of aryl methyl sites for hydroxylation is 1. The first-order chi connectivity index (χ1) is 12.2. The number of Topliss-reactive ketones (excluding diaryl/α,β-unsaturated/α-hetero) is 1. The summed E-state index contributed by atoms with van der Waals surface area (Å²) in [7, 11) is 0. The number of hydrogen-bond donors (Lipinski definition) is 0. The molecule has 0 unspecified atom stereocenters. The number of piperazine rings is 1. The average molecular weight is 362 g/mol. The third kappa shape index (κ3) is 3.80. The van der Waals surface area contributed by atoms with Gasteiger partial charge < -0.3 is 4.90 Å². The molecular formula is C19H27N3O2S. The zero-order valence-electron chi connectivity index (χ0n) is 14.8. The van der Waals surface area contributed by atoms with Gasteiger partial charge in [0.25, 0.3) is 0 Å². The summed E-state index contributed by atoms with van der Waals surface area (Å²) in [6, 6.07) is 0. The summed E-state index contributed by atoms with van der Waals surface area (Å²) >= 11 is 1.58. The third-order valence-electron chi connectivity index (χ3n) is 5.81. The van der Waals surface area contributed by atoms with Crippen molar-refractivity contribution < 1.29 is 9.59 Å². The van der Waals surface area contributed by atoms with Crippen LogP contribution in [0.1, 0.15) is 65.3 Å². The van der Waals surface area contributed by atoms with Crippen LogP contribution in [-0.2, 0) is 17.8 Å². The lowest BCUT2D eigenvalue weighted by molar-refractivity contribution is -0.138. The number of rotatable bonds is 3. The van der Waals surface area contributed by atoms with Crippen molar-refractivity contribution in [2.75, 3.05) is 26.2 Å². The smallest absolute Gasteiger partial charge is 0.225 e. The lowest BCUT2D eigenvalue weighted by Gasteiger charge is -2.36. The van der Waals surface area contributed by atoms with E-state index in [0.29, 0.717) is 12.3 Å². The number of fused-ring (bicyclic) bond motifs is 1. The normalized spacial score (nSPS) is 22.9. The van der Waals surface area contributed by atoms with Gasteiger partial charge in [0.05, 0.1) is 17.1 Å². The topological polar surface area (TPSA) is 53.5 Å². The molecule has 2 aliphatic carbocycles. The highest BCUT2D eigenvalue weighted by molar-refractivity contribution is 7.13. The summed E-state index contributed by atoms with van der Waals surface area (Å²) in [6.07, 6.45) is 8.44. The average Bonchev–Trinajstić information content (AvgIpc) is 3.06. The molecule has 0 spiro atoms. The van der Waals surface area contributed by atoms with Crippen LogP contribution >= 0.6 is 11.3 Å². The SMILES string of the molecule is O=C1CCCc2nc(CN3CCN(C(=O)C4CCCCC4)CC3)sc21. The van der Waals surface area contributed by atoms with Gasteiger partial charge in [-0.05, 0) is 25.7 Å². The Balaban J connectivity index is 1.30. The van der Waals surface area contributed by atoms with Gasteiger partial charge in [-0.25, -0.2) is 4.98 Å². The summed E-state index contributed by atoms with van der Waals surface area (Å²) < 4.78 is 0. The van der Waals surface area contributed by atoms with E-state index in [0.717, 1.165) is 74.0 Å². The number of carbonyl (C=O) groups excluding carboxylic acids is 2. The highest BCUT2D eigenvalue weighted by atomic mass is 32.1. The third-order valence-corrected chi connectivity index (χ3v) is 6.93. The van der Waals surface area contributed by atoms with Crippen LogP contribution in [0, 0.1) is 5.92 Å². The van der Waals surface area contributed by atoms with Crippen LogP contribution in [0.5, 0.6) is 0 Å². The Bertz CT molecular complexity index is 643. The first-order valence-electron chi connectivity index (χ1n) is 9.73. The van der Waals surface area contributed by atoms with Crippen molar-refractivity contribution in [3.05, 3.63) is 15.6 Å². The minimum atomic E-state index is 0.271. The van der Waals surface area contributed by atoms with Gasteiger partial charge >= 0.3 is 0 Å². The second-order valence-electron chi connectivity index (χ2n) is 7.60. The Labute approximate surface area is 153 Å². The first kappa shape index (κ1) is 17.2. The van der Waals surface area contributed by atoms with Crippen molar-refractivity contribution in [2.45, 2.75) is 57.9 Å². The van der Waals surface area contributed by atoms with Crippen LogP contribution < -0.4 is 0 Å². The van der Waals surface area contributed by atoms with E-state index >= 15 is 0 Å². The molecule has 6 heteroatoms. The molecule has 0 radical (unpaired) electrons. The molecule has 1 saturated heterocycles. The molecule has 25 heavy (non-hydrogen) atoms. The van der Waals surface area contributed by atoms with Crippen LogP contribution in [-0.4, -0.2) is 52.7 Å². The first-order valence-corrected chi connectivity index (χ1v) is 10.6. The van der Waals surface area contributed by atoms with E-state index in [2.05, 4.69) is 9.80 Å². The largest absolute Gasteiger partial charge is 0.340 e. The minimum absolute atomic E-state index is 0.271. The quantitative estimate of drug-likeness (QED) is 0.831. The van der Waals surface area contributed by atoms with Gasteiger partial charge in [-0.2, -0.15) is 0 Å². The second-order valence-corrected chi connectivity index (χ2v) is 8.68. The number of amides is 1. The molecule has 3 aliphatic rings. The maximum atomic E-state index is 12.6. The summed E-state index contributed by atoms with van der Waals surface area (Å²) in [5.74, 6) is 0.930. The Hall–Kier alpha value is -1.27. The van der Waals surface area contributed by atoms with Crippen LogP contribution in [0.15, 0.2) is 0 Å². The van der Waals surface area contributed by atoms with Crippen LogP contribution in [0.2, 0.25) is 0 Å². The van der Waals surface area contributed by atoms with Gasteiger partial charge in [-0.3, -0.25) is 14.5 Å². The van der Waals surface area contributed by atoms with E-state index in [1.54, 1.807) is 11.3 Å². The Kier molecular flexibility index (Phi) is 5.17. The van der Waals surface area contributed by atoms with Gasteiger partial charge in [0.15, 0.2) is 5.78 Å². The second kappa shape index (κ2) is 7.54. The molecule has 1 saturated carbocycles. The fourth-order valence-electron chi connectivity index (χ4n) is 4.31. The van der Waals surface area contributed by atoms with Crippen molar-refractivity contribution in [1.82, 2.24) is 14.8 Å². The Morgan fingerprint density at radius 1 is 1.04 bits per heavy atom. The molecule has 0 aromatic carbocycles. The number of thiazole rings is 1. The number of aromatic nitrogens is 1. The molecule has 2 fully saturated rings. The van der Waals surface area contributed by atoms with Gasteiger partial charge in [0.2, 0.25) is 5.91 Å². The molecule has 1 aromatic rings. The molecular weight excluding hydrogens is 334 g/mol. The molecule has 0 atom stereocenters. The molecule has 5 nitrogen and oxygen atoms in total. The molecule has 0 N–H and O–H groups in total. The van der Waals surface area contributed by atoms with Gasteiger partial charge in [-0.1, -0.05) is 19.3 Å². The van der Waals surface area contributed by atoms with Crippen molar-refractivity contribution in [3.8, 4) is 0 Å². The lowest BCUT2D eigenvalue weighted by Crippen LogP contribution is -2.50. The van der Waals surface area contributed by atoms with E-state index in [1.807, 2.05) is 0 Å². The van der Waals surface area contributed by atoms with Crippen molar-refractivity contribution in [1.29, 1.82) is 0 Å². The fraction of sp³-hybridized carbons (Fsp3) is 0.737. The number of hydrogen-bond acceptors (Lipinski definition) is 5. The highest BCUT2D eigenvalue weighted by Crippen LogP contribution is 2.28. The van der Waals surface area contributed by atoms with E-state index < -0.39 is 0 Å². The number of nitrogens with zero attached hydrogens (tertiary/aromatic N) is 3. The van der Waals surface area contributed by atoms with E-state index in [1.165, 1.54) is 19.3 Å². The van der Waals surface area contributed by atoms with Crippen LogP contribution in [0.3, 0.4) is 0 Å². The van der Waals surface area contributed by atoms with Gasteiger partial charge in [0.1, 0.15) is 5.01 Å². The zero-order chi connectivity index (χ0) is 17.2. The van der Waals surface area contributed by atoms with E-state index in [9.17, 15) is 9.59 Å². The standard InChI is InChI=1S/C19H27N3O2S/c23-16-8-4-7-15-18(16)25-17(20-15)13-21-9-11-22(12-10-21)19(24)14-5-2-1-3-6-14/h14H,1-13H2. The minimum Gasteiger partial charge on any atom is -0.340 e. The van der Waals surface area contributed by atoms with E-state index in [4.69, 9.17) is 4.98 Å². The maximum absolute atomic E-state index is 12.6. The summed E-state index contributed by atoms with van der Waals surface area (Å²) in [5.41, 5.74) is 1.02. The maximum Gasteiger partial charge on any atom is 0.225 e. The summed E-state index contributed by atoms with van der Waals surface area (Å²) in [5, 5.41) is 1.06. The highest BCUT2D eigenvalue weighted by Gasteiger charge is 2.29. The predicted octanol–water partition coefficient (Wildman–Crippen LogP) is 2.89. The van der Waals surface area contributed by atoms with Crippen molar-refractivity contribution in [3.63, 3.8) is 0 Å². The van der Waals surface area contributed by atoms with Crippen LogP contribution in [0.25, 0.3) is 0 Å². The predicted molar refractivity (Wildman–Crippen MR) is 97.8 cm³/mol.